The molecular formula is C19H24N4O4. The van der Waals surface area contributed by atoms with Crippen molar-refractivity contribution in [3.05, 3.63) is 43.7 Å². The number of benzene rings is 1. The zero-order valence-electron chi connectivity index (χ0n) is 16.1. The number of nitrogens with zero attached hydrogens (tertiary/aromatic N) is 2. The molecule has 0 atom stereocenters. The summed E-state index contributed by atoms with van der Waals surface area (Å²) >= 11 is 0. The van der Waals surface area contributed by atoms with E-state index in [0.29, 0.717) is 6.54 Å². The molecule has 0 fully saturated rings. The standard InChI is InChI=1S/C16H16N4O4.C3H8/c1-4-18-11-12(15(23)14(11)22)19-10-6-8(7-17)5-9(13(10)21)16(24)20(2)3;1-3-2/h5-6,18-19,21H,4H2,1-3H3;3H2,1-2H3. The maximum absolute atomic E-state index is 12.1. The van der Waals surface area contributed by atoms with Crippen LogP contribution in [0.1, 0.15) is 43.1 Å². The third kappa shape index (κ3) is 4.64. The first-order valence-electron chi connectivity index (χ1n) is 8.56. The number of phenols is 1. The molecule has 27 heavy (non-hydrogen) atoms. The lowest BCUT2D eigenvalue weighted by molar-refractivity contribution is 0.0824. The Morgan fingerprint density at radius 2 is 1.70 bits per heavy atom. The van der Waals surface area contributed by atoms with Gasteiger partial charge in [0.2, 0.25) is 0 Å². The van der Waals surface area contributed by atoms with Gasteiger partial charge in [-0.05, 0) is 19.1 Å². The second-order valence-electron chi connectivity index (χ2n) is 6.00. The van der Waals surface area contributed by atoms with Gasteiger partial charge in [0.25, 0.3) is 16.8 Å². The first-order chi connectivity index (χ1) is 12.7. The lowest BCUT2D eigenvalue weighted by Crippen LogP contribution is -2.36. The Hall–Kier alpha value is -3.34. The molecule has 1 amide bonds. The van der Waals surface area contributed by atoms with Crippen LogP contribution in [0.25, 0.3) is 0 Å². The van der Waals surface area contributed by atoms with E-state index in [1.165, 1.54) is 37.5 Å². The molecule has 0 radical (unpaired) electrons. The van der Waals surface area contributed by atoms with Crippen LogP contribution in [0.15, 0.2) is 21.7 Å². The fourth-order valence-corrected chi connectivity index (χ4v) is 2.19. The van der Waals surface area contributed by atoms with E-state index < -0.39 is 22.5 Å². The third-order valence-corrected chi connectivity index (χ3v) is 3.40. The number of hydrogen-bond donors (Lipinski definition) is 3. The lowest BCUT2D eigenvalue weighted by atomic mass is 10.1. The van der Waals surface area contributed by atoms with Gasteiger partial charge in [0.05, 0.1) is 22.9 Å². The van der Waals surface area contributed by atoms with Gasteiger partial charge in [-0.3, -0.25) is 14.4 Å². The van der Waals surface area contributed by atoms with Crippen molar-refractivity contribution in [2.24, 2.45) is 0 Å². The molecular weight excluding hydrogens is 348 g/mol. The van der Waals surface area contributed by atoms with Crippen LogP contribution in [0.4, 0.5) is 17.1 Å². The normalized spacial score (nSPS) is 9.78. The van der Waals surface area contributed by atoms with Gasteiger partial charge in [0.15, 0.2) is 5.75 Å². The number of phenolic OH excluding ortho intramolecular Hbond substituents is 1. The Labute approximate surface area is 157 Å². The van der Waals surface area contributed by atoms with Gasteiger partial charge in [-0.15, -0.1) is 0 Å². The molecule has 8 heteroatoms. The van der Waals surface area contributed by atoms with Gasteiger partial charge in [-0.2, -0.15) is 5.26 Å². The number of hydrogen-bond acceptors (Lipinski definition) is 7. The Kier molecular flexibility index (Phi) is 7.54. The SMILES string of the molecule is CCC.CCNc1c(Nc2cc(C#N)cc(C(=O)N(C)C)c2O)c(=O)c1=O. The lowest BCUT2D eigenvalue weighted by Gasteiger charge is -2.17. The number of nitrogens with one attached hydrogen (secondary N) is 2. The second-order valence-corrected chi connectivity index (χ2v) is 6.00. The smallest absolute Gasteiger partial charge is 0.257 e. The summed E-state index contributed by atoms with van der Waals surface area (Å²) in [4.78, 5) is 36.6. The molecule has 8 nitrogen and oxygen atoms in total. The quantitative estimate of drug-likeness (QED) is 0.543. The molecule has 0 unspecified atom stereocenters. The van der Waals surface area contributed by atoms with E-state index in [9.17, 15) is 19.5 Å². The van der Waals surface area contributed by atoms with Gasteiger partial charge in [0.1, 0.15) is 11.4 Å². The maximum atomic E-state index is 12.1. The van der Waals surface area contributed by atoms with E-state index in [1.807, 2.05) is 6.07 Å². The zero-order chi connectivity index (χ0) is 20.7. The van der Waals surface area contributed by atoms with E-state index >= 15 is 0 Å². The van der Waals surface area contributed by atoms with Crippen LogP contribution in [0.5, 0.6) is 5.75 Å². The molecule has 0 aliphatic carbocycles. The van der Waals surface area contributed by atoms with Gasteiger partial charge < -0.3 is 20.6 Å². The number of aromatic hydroxyl groups is 1. The zero-order valence-corrected chi connectivity index (χ0v) is 16.1. The van der Waals surface area contributed by atoms with E-state index in [4.69, 9.17) is 5.26 Å². The topological polar surface area (TPSA) is 123 Å². The number of carbonyl (C=O) groups is 1. The van der Waals surface area contributed by atoms with Crippen molar-refractivity contribution in [1.29, 1.82) is 5.26 Å². The molecule has 0 aromatic heterocycles. The van der Waals surface area contributed by atoms with E-state index in [0.717, 1.165) is 0 Å². The molecule has 0 aliphatic rings. The molecule has 0 saturated heterocycles. The molecule has 3 N–H and O–H groups in total. The summed E-state index contributed by atoms with van der Waals surface area (Å²) in [7, 11) is 3.02. The Balaban J connectivity index is 0.00000114. The van der Waals surface area contributed by atoms with Crippen LogP contribution in [-0.2, 0) is 0 Å². The molecule has 0 aliphatic heterocycles. The first kappa shape index (κ1) is 21.7. The predicted octanol–water partition coefficient (Wildman–Crippen LogP) is 2.15. The fourth-order valence-electron chi connectivity index (χ4n) is 2.19. The molecule has 2 aromatic carbocycles. The Morgan fingerprint density at radius 3 is 2.19 bits per heavy atom. The van der Waals surface area contributed by atoms with Crippen molar-refractivity contribution in [2.45, 2.75) is 27.2 Å². The average Bonchev–Trinajstić information content (AvgIpc) is 2.65. The number of anilines is 3. The molecule has 0 heterocycles. The van der Waals surface area contributed by atoms with Crippen LogP contribution in [0.3, 0.4) is 0 Å². The molecule has 0 bridgehead atoms. The summed E-state index contributed by atoms with van der Waals surface area (Å²) in [6, 6.07) is 4.45. The first-order valence-corrected chi connectivity index (χ1v) is 8.56. The van der Waals surface area contributed by atoms with Gasteiger partial charge in [-0.25, -0.2) is 0 Å². The molecule has 0 saturated carbocycles. The minimum atomic E-state index is -0.729. The highest BCUT2D eigenvalue weighted by Crippen LogP contribution is 2.33. The summed E-state index contributed by atoms with van der Waals surface area (Å²) < 4.78 is 0. The largest absolute Gasteiger partial charge is 0.505 e. The average molecular weight is 372 g/mol. The van der Waals surface area contributed by atoms with E-state index in [1.54, 1.807) is 6.92 Å². The highest BCUT2D eigenvalue weighted by molar-refractivity contribution is 5.99. The third-order valence-electron chi connectivity index (χ3n) is 3.40. The van der Waals surface area contributed by atoms with Crippen molar-refractivity contribution in [1.82, 2.24) is 4.90 Å². The number of rotatable bonds is 5. The summed E-state index contributed by atoms with van der Waals surface area (Å²) in [5.41, 5.74) is -1.21. The fraction of sp³-hybridized carbons (Fsp3) is 0.368. The Morgan fingerprint density at radius 1 is 1.15 bits per heavy atom. The summed E-state index contributed by atoms with van der Waals surface area (Å²) in [5.74, 6) is -0.896. The van der Waals surface area contributed by atoms with Crippen LogP contribution in [-0.4, -0.2) is 36.6 Å². The summed E-state index contributed by atoms with van der Waals surface area (Å²) in [6.45, 7) is 6.45. The van der Waals surface area contributed by atoms with Gasteiger partial charge >= 0.3 is 0 Å². The minimum Gasteiger partial charge on any atom is -0.505 e. The van der Waals surface area contributed by atoms with Crippen molar-refractivity contribution in [3.63, 3.8) is 0 Å². The van der Waals surface area contributed by atoms with Gasteiger partial charge in [0, 0.05) is 20.6 Å². The monoisotopic (exact) mass is 372 g/mol. The molecule has 2 rings (SSSR count). The Bertz CT molecular complexity index is 935. The highest BCUT2D eigenvalue weighted by atomic mass is 16.3. The number of nitriles is 1. The van der Waals surface area contributed by atoms with E-state index in [2.05, 4.69) is 24.5 Å². The van der Waals surface area contributed by atoms with Crippen LogP contribution < -0.4 is 21.5 Å². The molecule has 2 aromatic rings. The second kappa shape index (κ2) is 9.38. The number of amides is 1. The van der Waals surface area contributed by atoms with Crippen LogP contribution >= 0.6 is 0 Å². The maximum Gasteiger partial charge on any atom is 0.257 e. The van der Waals surface area contributed by atoms with Gasteiger partial charge in [-0.1, -0.05) is 20.3 Å². The van der Waals surface area contributed by atoms with Crippen LogP contribution in [0.2, 0.25) is 0 Å². The predicted molar refractivity (Wildman–Crippen MR) is 106 cm³/mol. The van der Waals surface area contributed by atoms with Crippen molar-refractivity contribution < 1.29 is 9.90 Å². The van der Waals surface area contributed by atoms with Crippen molar-refractivity contribution in [3.8, 4) is 11.8 Å². The van der Waals surface area contributed by atoms with Crippen molar-refractivity contribution in [2.75, 3.05) is 31.3 Å². The van der Waals surface area contributed by atoms with Crippen LogP contribution in [0, 0.1) is 11.3 Å². The molecule has 144 valence electrons. The number of carbonyl (C=O) groups excluding carboxylic acids is 1. The van der Waals surface area contributed by atoms with Crippen molar-refractivity contribution >= 4 is 23.0 Å². The summed E-state index contributed by atoms with van der Waals surface area (Å²) in [6.07, 6.45) is 1.25. The molecule has 0 spiro atoms. The minimum absolute atomic E-state index is 0.00417. The summed E-state index contributed by atoms with van der Waals surface area (Å²) in [5, 5.41) is 24.8. The van der Waals surface area contributed by atoms with E-state index in [-0.39, 0.29) is 28.2 Å². The highest BCUT2D eigenvalue weighted by Gasteiger charge is 2.24.